The van der Waals surface area contributed by atoms with Gasteiger partial charge in [-0.25, -0.2) is 4.79 Å². The summed E-state index contributed by atoms with van der Waals surface area (Å²) in [6.07, 6.45) is 0.954. The minimum absolute atomic E-state index is 0.00111. The largest absolute Gasteiger partial charge is 0.447 e. The monoisotopic (exact) mass is 314 g/mol. The molecule has 0 radical (unpaired) electrons. The molecule has 0 aliphatic carbocycles. The first kappa shape index (κ1) is 15.3. The van der Waals surface area contributed by atoms with Gasteiger partial charge < -0.3 is 14.2 Å². The van der Waals surface area contributed by atoms with Crippen LogP contribution in [-0.4, -0.2) is 29.7 Å². The molecule has 0 saturated heterocycles. The van der Waals surface area contributed by atoms with Gasteiger partial charge in [-0.3, -0.25) is 4.79 Å². The van der Waals surface area contributed by atoms with Gasteiger partial charge in [0.15, 0.2) is 6.10 Å². The number of anilines is 1. The number of fused-ring (bicyclic) bond motifs is 1. The molecule has 2 heterocycles. The Morgan fingerprint density at radius 2 is 2.13 bits per heavy atom. The van der Waals surface area contributed by atoms with Crippen molar-refractivity contribution in [3.8, 4) is 0 Å². The second kappa shape index (κ2) is 6.24. The lowest BCUT2D eigenvalue weighted by atomic mass is 10.0. The van der Waals surface area contributed by atoms with E-state index in [0.29, 0.717) is 12.2 Å². The van der Waals surface area contributed by atoms with E-state index in [4.69, 9.17) is 9.26 Å². The van der Waals surface area contributed by atoms with Crippen LogP contribution in [0.5, 0.6) is 0 Å². The predicted octanol–water partition coefficient (Wildman–Crippen LogP) is 2.51. The zero-order valence-electron chi connectivity index (χ0n) is 13.1. The molecule has 23 heavy (non-hydrogen) atoms. The molecule has 3 rings (SSSR count). The molecule has 0 N–H and O–H groups in total. The third-order valence-electron chi connectivity index (χ3n) is 3.84. The number of aromatic nitrogens is 1. The zero-order valence-corrected chi connectivity index (χ0v) is 13.1. The van der Waals surface area contributed by atoms with Crippen LogP contribution in [0.3, 0.4) is 0 Å². The number of carbonyl (C=O) groups excluding carboxylic acids is 2. The van der Waals surface area contributed by atoms with Gasteiger partial charge in [0.2, 0.25) is 5.76 Å². The lowest BCUT2D eigenvalue weighted by Gasteiger charge is -2.31. The maximum atomic E-state index is 12.6. The summed E-state index contributed by atoms with van der Waals surface area (Å²) in [5.74, 6) is -0.917. The molecular weight excluding hydrogens is 296 g/mol. The third-order valence-corrected chi connectivity index (χ3v) is 3.84. The first-order valence-corrected chi connectivity index (χ1v) is 7.60. The van der Waals surface area contributed by atoms with Crippen molar-refractivity contribution in [3.05, 3.63) is 47.3 Å². The molecule has 120 valence electrons. The van der Waals surface area contributed by atoms with Crippen LogP contribution in [-0.2, 0) is 16.0 Å². The summed E-state index contributed by atoms with van der Waals surface area (Å²) >= 11 is 0. The highest BCUT2D eigenvalue weighted by Gasteiger charge is 2.29. The van der Waals surface area contributed by atoms with Crippen LogP contribution in [0.1, 0.15) is 35.2 Å². The molecule has 1 atom stereocenters. The number of rotatable bonds is 3. The van der Waals surface area contributed by atoms with E-state index in [1.807, 2.05) is 24.3 Å². The van der Waals surface area contributed by atoms with Crippen molar-refractivity contribution in [1.82, 2.24) is 5.16 Å². The van der Waals surface area contributed by atoms with E-state index in [1.165, 1.54) is 6.07 Å². The molecular formula is C17H18N2O4. The van der Waals surface area contributed by atoms with Gasteiger partial charge in [-0.15, -0.1) is 0 Å². The van der Waals surface area contributed by atoms with Crippen LogP contribution in [0.4, 0.5) is 5.69 Å². The van der Waals surface area contributed by atoms with Gasteiger partial charge in [-0.05, 0) is 38.3 Å². The number of nitrogens with zero attached hydrogens (tertiary/aromatic N) is 2. The summed E-state index contributed by atoms with van der Waals surface area (Å²) in [4.78, 5) is 26.3. The van der Waals surface area contributed by atoms with Gasteiger partial charge in [-0.1, -0.05) is 23.4 Å². The Balaban J connectivity index is 1.72. The Bertz CT molecular complexity index is 738. The van der Waals surface area contributed by atoms with Crippen molar-refractivity contribution < 1.29 is 18.8 Å². The van der Waals surface area contributed by atoms with Gasteiger partial charge in [0, 0.05) is 18.3 Å². The fraction of sp³-hybridized carbons (Fsp3) is 0.353. The molecule has 1 aromatic carbocycles. The second-order valence-electron chi connectivity index (χ2n) is 5.60. The van der Waals surface area contributed by atoms with Crippen molar-refractivity contribution in [2.24, 2.45) is 0 Å². The maximum Gasteiger partial charge on any atom is 0.377 e. The highest BCUT2D eigenvalue weighted by Crippen LogP contribution is 2.27. The quantitative estimate of drug-likeness (QED) is 0.814. The molecule has 0 saturated carbocycles. The number of amides is 1. The van der Waals surface area contributed by atoms with Gasteiger partial charge in [-0.2, -0.15) is 0 Å². The van der Waals surface area contributed by atoms with E-state index < -0.39 is 12.1 Å². The van der Waals surface area contributed by atoms with Gasteiger partial charge in [0.25, 0.3) is 5.91 Å². The van der Waals surface area contributed by atoms with E-state index in [2.05, 4.69) is 5.16 Å². The Morgan fingerprint density at radius 1 is 1.35 bits per heavy atom. The zero-order chi connectivity index (χ0) is 16.4. The van der Waals surface area contributed by atoms with E-state index in [-0.39, 0.29) is 11.7 Å². The molecule has 6 heteroatoms. The topological polar surface area (TPSA) is 72.6 Å². The van der Waals surface area contributed by atoms with E-state index in [1.54, 1.807) is 18.7 Å². The third kappa shape index (κ3) is 3.11. The molecule has 1 aliphatic heterocycles. The first-order chi connectivity index (χ1) is 11.1. The van der Waals surface area contributed by atoms with Crippen molar-refractivity contribution in [2.75, 3.05) is 11.4 Å². The van der Waals surface area contributed by atoms with Crippen LogP contribution in [0.2, 0.25) is 0 Å². The van der Waals surface area contributed by atoms with Crippen molar-refractivity contribution in [3.63, 3.8) is 0 Å². The van der Waals surface area contributed by atoms with Crippen LogP contribution < -0.4 is 4.90 Å². The Hall–Kier alpha value is -2.63. The highest BCUT2D eigenvalue weighted by atomic mass is 16.6. The molecule has 1 aromatic heterocycles. The standard InChI is InChI=1S/C17H18N2O4/c1-11-10-15(23-18-11)17(21)22-12(2)16(20)19-9-5-7-13-6-3-4-8-14(13)19/h3-4,6,8,10,12H,5,7,9H2,1-2H3. The number of esters is 1. The van der Waals surface area contributed by atoms with Crippen molar-refractivity contribution >= 4 is 17.6 Å². The van der Waals surface area contributed by atoms with Crippen molar-refractivity contribution in [2.45, 2.75) is 32.8 Å². The molecule has 2 aromatic rings. The predicted molar refractivity (Wildman–Crippen MR) is 83.2 cm³/mol. The lowest BCUT2D eigenvalue weighted by molar-refractivity contribution is -0.126. The minimum atomic E-state index is -0.890. The summed E-state index contributed by atoms with van der Waals surface area (Å²) in [6, 6.07) is 9.28. The Labute approximate surface area is 134 Å². The highest BCUT2D eigenvalue weighted by molar-refractivity contribution is 5.99. The van der Waals surface area contributed by atoms with Gasteiger partial charge in [0.05, 0.1) is 5.69 Å². The van der Waals surface area contributed by atoms with Crippen molar-refractivity contribution in [1.29, 1.82) is 0 Å². The molecule has 0 fully saturated rings. The van der Waals surface area contributed by atoms with Crippen LogP contribution >= 0.6 is 0 Å². The van der Waals surface area contributed by atoms with Gasteiger partial charge in [0.1, 0.15) is 0 Å². The van der Waals surface area contributed by atoms with Crippen LogP contribution in [0.25, 0.3) is 0 Å². The SMILES string of the molecule is Cc1cc(C(=O)OC(C)C(=O)N2CCCc3ccccc32)on1. The summed E-state index contributed by atoms with van der Waals surface area (Å²) < 4.78 is 10.1. The number of aryl methyl sites for hydroxylation is 2. The number of hydrogen-bond donors (Lipinski definition) is 0. The van der Waals surface area contributed by atoms with E-state index in [0.717, 1.165) is 24.1 Å². The second-order valence-corrected chi connectivity index (χ2v) is 5.60. The maximum absolute atomic E-state index is 12.6. The smallest absolute Gasteiger partial charge is 0.377 e. The molecule has 1 amide bonds. The Kier molecular flexibility index (Phi) is 4.14. The van der Waals surface area contributed by atoms with Crippen LogP contribution in [0.15, 0.2) is 34.9 Å². The normalized spacial score (nSPS) is 15.0. The number of benzene rings is 1. The lowest BCUT2D eigenvalue weighted by Crippen LogP contribution is -2.42. The fourth-order valence-corrected chi connectivity index (χ4v) is 2.71. The molecule has 1 unspecified atom stereocenters. The fourth-order valence-electron chi connectivity index (χ4n) is 2.71. The molecule has 1 aliphatic rings. The summed E-state index contributed by atoms with van der Waals surface area (Å²) in [6.45, 7) is 3.90. The van der Waals surface area contributed by atoms with E-state index in [9.17, 15) is 9.59 Å². The minimum Gasteiger partial charge on any atom is -0.447 e. The summed E-state index contributed by atoms with van der Waals surface area (Å²) in [7, 11) is 0. The number of hydrogen-bond acceptors (Lipinski definition) is 5. The average molecular weight is 314 g/mol. The summed E-state index contributed by atoms with van der Waals surface area (Å²) in [5.41, 5.74) is 2.61. The Morgan fingerprint density at radius 3 is 2.87 bits per heavy atom. The number of ether oxygens (including phenoxy) is 1. The van der Waals surface area contributed by atoms with Gasteiger partial charge >= 0.3 is 5.97 Å². The van der Waals surface area contributed by atoms with Crippen LogP contribution in [0, 0.1) is 6.92 Å². The molecule has 0 bridgehead atoms. The number of para-hydroxylation sites is 1. The number of carbonyl (C=O) groups is 2. The molecule has 6 nitrogen and oxygen atoms in total. The summed E-state index contributed by atoms with van der Waals surface area (Å²) in [5, 5.41) is 3.64. The first-order valence-electron chi connectivity index (χ1n) is 7.60. The van der Waals surface area contributed by atoms with E-state index >= 15 is 0 Å². The molecule has 0 spiro atoms. The average Bonchev–Trinajstić information content (AvgIpc) is 3.00.